The van der Waals surface area contributed by atoms with E-state index in [0.29, 0.717) is 0 Å². The molecule has 1 saturated heterocycles. The summed E-state index contributed by atoms with van der Waals surface area (Å²) in [4.78, 5) is 10.3. The van der Waals surface area contributed by atoms with E-state index < -0.39 is 18.4 Å². The molecule has 0 aliphatic carbocycles. The molecule has 0 aromatic heterocycles. The molecule has 0 aromatic rings. The molecule has 4 heteroatoms. The Morgan fingerprint density at radius 1 is 1.89 bits per heavy atom. The average molecular weight is 134 g/mol. The van der Waals surface area contributed by atoms with Crippen molar-refractivity contribution in [1.29, 1.82) is 0 Å². The maximum absolute atomic E-state index is 11.7. The second-order valence-electron chi connectivity index (χ2n) is 2.05. The largest absolute Gasteiger partial charge is 0.430 e. The molecule has 0 bridgehead atoms. The minimum Gasteiger partial charge on any atom is -0.430 e. The Hall–Kier alpha value is -0.640. The molecule has 9 heavy (non-hydrogen) atoms. The molecule has 1 heterocycles. The van der Waals surface area contributed by atoms with Gasteiger partial charge >= 0.3 is 5.97 Å². The fourth-order valence-corrected chi connectivity index (χ4v) is 0.705. The van der Waals surface area contributed by atoms with Crippen LogP contribution in [-0.4, -0.2) is 23.5 Å². The molecule has 1 atom stereocenters. The van der Waals surface area contributed by atoms with Crippen molar-refractivity contribution in [2.45, 2.75) is 18.6 Å². The van der Waals surface area contributed by atoms with Gasteiger partial charge in [0.05, 0.1) is 6.42 Å². The third-order valence-electron chi connectivity index (χ3n) is 1.23. The second-order valence-corrected chi connectivity index (χ2v) is 2.05. The minimum absolute atomic E-state index is 0.0718. The van der Waals surface area contributed by atoms with Gasteiger partial charge < -0.3 is 9.84 Å². The standard InChI is InChI=1S/C5H7FO3/c6-3-5(8)2-1-4(7)9-5/h8H,1-3H2/t5-/m0/s1. The predicted octanol–water partition coefficient (Wildman–Crippen LogP) is -0.0185. The molecule has 0 amide bonds. The number of carbonyl (C=O) groups excluding carboxylic acids is 1. The highest BCUT2D eigenvalue weighted by atomic mass is 19.1. The van der Waals surface area contributed by atoms with Crippen LogP contribution >= 0.6 is 0 Å². The van der Waals surface area contributed by atoms with Crippen molar-refractivity contribution in [3.05, 3.63) is 0 Å². The summed E-state index contributed by atoms with van der Waals surface area (Å²) in [5.74, 6) is -2.34. The quantitative estimate of drug-likeness (QED) is 0.513. The topological polar surface area (TPSA) is 46.5 Å². The number of hydrogen-bond donors (Lipinski definition) is 1. The first kappa shape index (κ1) is 6.48. The number of aliphatic hydroxyl groups is 1. The predicted molar refractivity (Wildman–Crippen MR) is 26.3 cm³/mol. The van der Waals surface area contributed by atoms with Gasteiger partial charge in [0.2, 0.25) is 5.79 Å². The van der Waals surface area contributed by atoms with E-state index in [9.17, 15) is 9.18 Å². The molecule has 0 saturated carbocycles. The fraction of sp³-hybridized carbons (Fsp3) is 0.800. The number of carbonyl (C=O) groups is 1. The molecule has 52 valence electrons. The molecule has 1 aliphatic heterocycles. The van der Waals surface area contributed by atoms with Gasteiger partial charge in [-0.15, -0.1) is 0 Å². The van der Waals surface area contributed by atoms with Crippen LogP contribution in [0.1, 0.15) is 12.8 Å². The van der Waals surface area contributed by atoms with E-state index in [2.05, 4.69) is 4.74 Å². The molecule has 0 radical (unpaired) electrons. The van der Waals surface area contributed by atoms with Crippen LogP contribution in [0.3, 0.4) is 0 Å². The van der Waals surface area contributed by atoms with E-state index in [4.69, 9.17) is 5.11 Å². The zero-order valence-corrected chi connectivity index (χ0v) is 4.76. The lowest BCUT2D eigenvalue weighted by atomic mass is 10.2. The molecule has 0 spiro atoms. The van der Waals surface area contributed by atoms with Crippen molar-refractivity contribution in [2.24, 2.45) is 0 Å². The molecule has 1 rings (SSSR count). The van der Waals surface area contributed by atoms with Gasteiger partial charge in [-0.3, -0.25) is 4.79 Å². The van der Waals surface area contributed by atoms with Gasteiger partial charge in [-0.25, -0.2) is 4.39 Å². The highest BCUT2D eigenvalue weighted by Crippen LogP contribution is 2.23. The molecular weight excluding hydrogens is 127 g/mol. The Balaban J connectivity index is 2.54. The summed E-state index contributed by atoms with van der Waals surface area (Å²) in [7, 11) is 0. The lowest BCUT2D eigenvalue weighted by Gasteiger charge is -2.14. The van der Waals surface area contributed by atoms with Crippen LogP contribution in [0.4, 0.5) is 4.39 Å². The summed E-state index contributed by atoms with van der Waals surface area (Å²) in [5, 5.41) is 8.85. The van der Waals surface area contributed by atoms with E-state index in [1.54, 1.807) is 0 Å². The van der Waals surface area contributed by atoms with Gasteiger partial charge in [-0.2, -0.15) is 0 Å². The van der Waals surface area contributed by atoms with Gasteiger partial charge in [-0.1, -0.05) is 0 Å². The lowest BCUT2D eigenvalue weighted by molar-refractivity contribution is -0.193. The average Bonchev–Trinajstić information content (AvgIpc) is 2.13. The van der Waals surface area contributed by atoms with Crippen molar-refractivity contribution in [1.82, 2.24) is 0 Å². The van der Waals surface area contributed by atoms with Gasteiger partial charge in [0, 0.05) is 6.42 Å². The Morgan fingerprint density at radius 3 is 2.78 bits per heavy atom. The van der Waals surface area contributed by atoms with Crippen LogP contribution in [-0.2, 0) is 9.53 Å². The third kappa shape index (κ3) is 1.18. The maximum Gasteiger partial charge on any atom is 0.308 e. The van der Waals surface area contributed by atoms with Crippen molar-refractivity contribution in [3.63, 3.8) is 0 Å². The highest BCUT2D eigenvalue weighted by molar-refractivity contribution is 5.71. The molecule has 1 N–H and O–H groups in total. The second kappa shape index (κ2) is 1.95. The van der Waals surface area contributed by atoms with Crippen molar-refractivity contribution in [3.8, 4) is 0 Å². The Labute approximate surface area is 51.4 Å². The molecule has 0 aromatic carbocycles. The SMILES string of the molecule is O=C1CC[C@@](O)(CF)O1. The maximum atomic E-state index is 11.7. The number of ether oxygens (including phenoxy) is 1. The Kier molecular flexibility index (Phi) is 1.40. The molecule has 0 unspecified atom stereocenters. The van der Waals surface area contributed by atoms with E-state index in [1.807, 2.05) is 0 Å². The lowest BCUT2D eigenvalue weighted by Crippen LogP contribution is -2.30. The third-order valence-corrected chi connectivity index (χ3v) is 1.23. The number of cyclic esters (lactones) is 1. The highest BCUT2D eigenvalue weighted by Gasteiger charge is 2.38. The van der Waals surface area contributed by atoms with Gasteiger partial charge in [-0.05, 0) is 0 Å². The number of esters is 1. The normalized spacial score (nSPS) is 34.7. The van der Waals surface area contributed by atoms with Crippen molar-refractivity contribution < 1.29 is 19.0 Å². The summed E-state index contributed by atoms with van der Waals surface area (Å²) in [6, 6.07) is 0. The van der Waals surface area contributed by atoms with Crippen LogP contribution in [0.5, 0.6) is 0 Å². The van der Waals surface area contributed by atoms with Crippen molar-refractivity contribution >= 4 is 5.97 Å². The first-order valence-electron chi connectivity index (χ1n) is 2.66. The monoisotopic (exact) mass is 134 g/mol. The van der Waals surface area contributed by atoms with Crippen LogP contribution in [0.15, 0.2) is 0 Å². The molecule has 1 aliphatic rings. The Morgan fingerprint density at radius 2 is 2.56 bits per heavy atom. The van der Waals surface area contributed by atoms with E-state index in [0.717, 1.165) is 0 Å². The number of hydrogen-bond acceptors (Lipinski definition) is 3. The molecular formula is C5H7FO3. The summed E-state index contributed by atoms with van der Waals surface area (Å²) in [5.41, 5.74) is 0. The van der Waals surface area contributed by atoms with Gasteiger partial charge in [0.25, 0.3) is 0 Å². The summed E-state index contributed by atoms with van der Waals surface area (Å²) >= 11 is 0. The van der Waals surface area contributed by atoms with Crippen LogP contribution in [0.25, 0.3) is 0 Å². The number of halogens is 1. The van der Waals surface area contributed by atoms with E-state index >= 15 is 0 Å². The zero-order chi connectivity index (χ0) is 6.91. The van der Waals surface area contributed by atoms with Crippen LogP contribution in [0.2, 0.25) is 0 Å². The Bertz CT molecular complexity index is 136. The molecule has 1 fully saturated rings. The smallest absolute Gasteiger partial charge is 0.308 e. The number of rotatable bonds is 1. The van der Waals surface area contributed by atoms with E-state index in [-0.39, 0.29) is 12.8 Å². The first-order valence-corrected chi connectivity index (χ1v) is 2.66. The summed E-state index contributed by atoms with van der Waals surface area (Å²) in [6.07, 6.45) is 0.183. The van der Waals surface area contributed by atoms with Crippen LogP contribution in [0, 0.1) is 0 Å². The minimum atomic E-state index is -1.81. The van der Waals surface area contributed by atoms with Crippen molar-refractivity contribution in [2.75, 3.05) is 6.67 Å². The number of alkyl halides is 1. The molecule has 3 nitrogen and oxygen atoms in total. The van der Waals surface area contributed by atoms with Crippen LogP contribution < -0.4 is 0 Å². The van der Waals surface area contributed by atoms with E-state index in [1.165, 1.54) is 0 Å². The summed E-state index contributed by atoms with van der Waals surface area (Å²) < 4.78 is 16.0. The van der Waals surface area contributed by atoms with Gasteiger partial charge in [0.15, 0.2) is 6.67 Å². The summed E-state index contributed by atoms with van der Waals surface area (Å²) in [6.45, 7) is -1.02. The fourth-order valence-electron chi connectivity index (χ4n) is 0.705. The first-order chi connectivity index (χ1) is 4.16. The van der Waals surface area contributed by atoms with Gasteiger partial charge in [0.1, 0.15) is 0 Å². The zero-order valence-electron chi connectivity index (χ0n) is 4.76.